The van der Waals surface area contributed by atoms with E-state index >= 15 is 0 Å². The Bertz CT molecular complexity index is 353. The van der Waals surface area contributed by atoms with Gasteiger partial charge in [0, 0.05) is 22.6 Å². The number of aromatic hydroxyl groups is 1. The van der Waals surface area contributed by atoms with Crippen molar-refractivity contribution in [2.24, 2.45) is 5.92 Å². The summed E-state index contributed by atoms with van der Waals surface area (Å²) >= 11 is 3.41. The highest BCUT2D eigenvalue weighted by atomic mass is 79.9. The molecule has 0 amide bonds. The highest BCUT2D eigenvalue weighted by molar-refractivity contribution is 9.10. The van der Waals surface area contributed by atoms with Gasteiger partial charge in [0.1, 0.15) is 5.75 Å². The molecule has 1 aromatic carbocycles. The molecule has 1 aliphatic carbocycles. The predicted octanol–water partition coefficient (Wildman–Crippen LogP) is 3.46. The molecule has 2 nitrogen and oxygen atoms in total. The normalized spacial score (nSPS) is 23.4. The van der Waals surface area contributed by atoms with E-state index in [1.54, 1.807) is 6.07 Å². The number of rotatable bonds is 3. The Morgan fingerprint density at radius 3 is 2.75 bits per heavy atom. The summed E-state index contributed by atoms with van der Waals surface area (Å²) in [7, 11) is 0. The van der Waals surface area contributed by atoms with Gasteiger partial charge in [0.05, 0.1) is 0 Å². The average molecular weight is 307 g/mol. The summed E-state index contributed by atoms with van der Waals surface area (Å²) in [5.41, 5.74) is 0.962. The van der Waals surface area contributed by atoms with Crippen molar-refractivity contribution in [2.45, 2.75) is 32.4 Å². The second-order valence-electron chi connectivity index (χ2n) is 4.43. The molecule has 0 heterocycles. The summed E-state index contributed by atoms with van der Waals surface area (Å²) in [5, 5.41) is 13.1. The van der Waals surface area contributed by atoms with Crippen LogP contribution in [-0.2, 0) is 6.54 Å². The summed E-state index contributed by atoms with van der Waals surface area (Å²) in [6, 6.07) is 6.18. The smallest absolute Gasteiger partial charge is 0.120 e. The van der Waals surface area contributed by atoms with Crippen LogP contribution >= 0.6 is 28.3 Å². The van der Waals surface area contributed by atoms with Gasteiger partial charge in [-0.05, 0) is 37.0 Å². The average Bonchev–Trinajstić information content (AvgIpc) is 2.16. The predicted molar refractivity (Wildman–Crippen MR) is 72.1 cm³/mol. The van der Waals surface area contributed by atoms with Crippen molar-refractivity contribution < 1.29 is 5.11 Å². The monoisotopic (exact) mass is 305 g/mol. The van der Waals surface area contributed by atoms with E-state index < -0.39 is 0 Å². The van der Waals surface area contributed by atoms with E-state index in [0.29, 0.717) is 11.8 Å². The Hall–Kier alpha value is -0.250. The van der Waals surface area contributed by atoms with Gasteiger partial charge in [0.15, 0.2) is 0 Å². The molecule has 0 aromatic heterocycles. The van der Waals surface area contributed by atoms with Crippen molar-refractivity contribution in [3.8, 4) is 5.75 Å². The highest BCUT2D eigenvalue weighted by Gasteiger charge is 2.24. The lowest BCUT2D eigenvalue weighted by molar-refractivity contribution is 0.239. The molecule has 1 aliphatic rings. The lowest BCUT2D eigenvalue weighted by atomic mass is 9.82. The summed E-state index contributed by atoms with van der Waals surface area (Å²) in [6.07, 6.45) is 2.52. The number of phenols is 1. The van der Waals surface area contributed by atoms with Gasteiger partial charge in [-0.2, -0.15) is 0 Å². The van der Waals surface area contributed by atoms with Gasteiger partial charge in [-0.15, -0.1) is 12.4 Å². The second kappa shape index (κ2) is 5.89. The Labute approximate surface area is 111 Å². The standard InChI is InChI=1S/C12H16BrNO.ClH/c1-8-4-11(5-8)14-7-9-6-10(13)2-3-12(9)15;/h2-3,6,8,11,14-15H,4-5,7H2,1H3;1H. The Morgan fingerprint density at radius 1 is 1.44 bits per heavy atom. The quantitative estimate of drug-likeness (QED) is 0.896. The molecule has 1 saturated carbocycles. The maximum absolute atomic E-state index is 9.63. The fourth-order valence-corrected chi connectivity index (χ4v) is 2.43. The van der Waals surface area contributed by atoms with Crippen LogP contribution in [0.1, 0.15) is 25.3 Å². The molecule has 1 aromatic rings. The van der Waals surface area contributed by atoms with Crippen LogP contribution in [0.25, 0.3) is 0 Å². The first-order valence-corrected chi connectivity index (χ1v) is 6.15. The molecule has 0 bridgehead atoms. The van der Waals surface area contributed by atoms with E-state index in [-0.39, 0.29) is 12.4 Å². The zero-order valence-corrected chi connectivity index (χ0v) is 11.6. The summed E-state index contributed by atoms with van der Waals surface area (Å²) in [4.78, 5) is 0. The minimum Gasteiger partial charge on any atom is -0.508 e. The Balaban J connectivity index is 0.00000128. The molecule has 16 heavy (non-hydrogen) atoms. The van der Waals surface area contributed by atoms with Crippen molar-refractivity contribution in [3.05, 3.63) is 28.2 Å². The third kappa shape index (κ3) is 3.37. The van der Waals surface area contributed by atoms with E-state index in [0.717, 1.165) is 22.5 Å². The topological polar surface area (TPSA) is 32.3 Å². The van der Waals surface area contributed by atoms with Gasteiger partial charge in [-0.1, -0.05) is 22.9 Å². The molecule has 2 rings (SSSR count). The van der Waals surface area contributed by atoms with E-state index in [1.807, 2.05) is 12.1 Å². The lowest BCUT2D eigenvalue weighted by Gasteiger charge is -2.33. The third-order valence-electron chi connectivity index (χ3n) is 3.00. The van der Waals surface area contributed by atoms with Crippen molar-refractivity contribution in [1.29, 1.82) is 0 Å². The van der Waals surface area contributed by atoms with Crippen LogP contribution in [-0.4, -0.2) is 11.1 Å². The highest BCUT2D eigenvalue weighted by Crippen LogP contribution is 2.27. The van der Waals surface area contributed by atoms with E-state index in [4.69, 9.17) is 0 Å². The first kappa shape index (κ1) is 13.8. The maximum Gasteiger partial charge on any atom is 0.120 e. The molecule has 0 aliphatic heterocycles. The fourth-order valence-electron chi connectivity index (χ4n) is 2.02. The Morgan fingerprint density at radius 2 is 2.12 bits per heavy atom. The third-order valence-corrected chi connectivity index (χ3v) is 3.49. The first-order chi connectivity index (χ1) is 7.15. The number of phenolic OH excluding ortho intramolecular Hbond substituents is 1. The molecule has 0 unspecified atom stereocenters. The molecular formula is C12H17BrClNO. The van der Waals surface area contributed by atoms with Gasteiger partial charge >= 0.3 is 0 Å². The largest absolute Gasteiger partial charge is 0.508 e. The van der Waals surface area contributed by atoms with Gasteiger partial charge in [-0.3, -0.25) is 0 Å². The zero-order chi connectivity index (χ0) is 10.8. The van der Waals surface area contributed by atoms with Gasteiger partial charge < -0.3 is 10.4 Å². The molecule has 0 radical (unpaired) electrons. The van der Waals surface area contributed by atoms with Crippen LogP contribution in [0.5, 0.6) is 5.75 Å². The second-order valence-corrected chi connectivity index (χ2v) is 5.34. The number of nitrogens with one attached hydrogen (secondary N) is 1. The van der Waals surface area contributed by atoms with Gasteiger partial charge in [0.25, 0.3) is 0 Å². The molecule has 0 atom stereocenters. The fraction of sp³-hybridized carbons (Fsp3) is 0.500. The van der Waals surface area contributed by atoms with E-state index in [9.17, 15) is 5.11 Å². The number of halogens is 2. The van der Waals surface area contributed by atoms with Crippen LogP contribution in [0.4, 0.5) is 0 Å². The number of benzene rings is 1. The van der Waals surface area contributed by atoms with Crippen LogP contribution in [0.2, 0.25) is 0 Å². The van der Waals surface area contributed by atoms with Crippen molar-refractivity contribution in [2.75, 3.05) is 0 Å². The SMILES string of the molecule is CC1CC(NCc2cc(Br)ccc2O)C1.Cl. The van der Waals surface area contributed by atoms with Crippen LogP contribution < -0.4 is 5.32 Å². The molecule has 0 spiro atoms. The summed E-state index contributed by atoms with van der Waals surface area (Å²) in [5.74, 6) is 1.23. The van der Waals surface area contributed by atoms with Crippen LogP contribution in [0.15, 0.2) is 22.7 Å². The van der Waals surface area contributed by atoms with Crippen LogP contribution in [0.3, 0.4) is 0 Å². The van der Waals surface area contributed by atoms with Crippen LogP contribution in [0, 0.1) is 5.92 Å². The van der Waals surface area contributed by atoms with E-state index in [1.165, 1.54) is 12.8 Å². The molecule has 4 heteroatoms. The zero-order valence-electron chi connectivity index (χ0n) is 9.24. The molecule has 1 fully saturated rings. The minimum atomic E-state index is 0. The lowest BCUT2D eigenvalue weighted by Crippen LogP contribution is -2.39. The molecule has 90 valence electrons. The summed E-state index contributed by atoms with van der Waals surface area (Å²) < 4.78 is 1.01. The summed E-state index contributed by atoms with van der Waals surface area (Å²) in [6.45, 7) is 3.03. The number of hydrogen-bond acceptors (Lipinski definition) is 2. The molecular weight excluding hydrogens is 289 g/mol. The van der Waals surface area contributed by atoms with Crippen molar-refractivity contribution in [3.63, 3.8) is 0 Å². The molecule has 2 N–H and O–H groups in total. The van der Waals surface area contributed by atoms with Gasteiger partial charge in [-0.25, -0.2) is 0 Å². The molecule has 0 saturated heterocycles. The van der Waals surface area contributed by atoms with Crippen molar-refractivity contribution >= 4 is 28.3 Å². The maximum atomic E-state index is 9.63. The number of hydrogen-bond donors (Lipinski definition) is 2. The minimum absolute atomic E-state index is 0. The van der Waals surface area contributed by atoms with Gasteiger partial charge in [0.2, 0.25) is 0 Å². The van der Waals surface area contributed by atoms with E-state index in [2.05, 4.69) is 28.2 Å². The van der Waals surface area contributed by atoms with Crippen molar-refractivity contribution in [1.82, 2.24) is 5.32 Å². The first-order valence-electron chi connectivity index (χ1n) is 5.36. The Kier molecular flexibility index (Phi) is 5.09.